The second-order valence-corrected chi connectivity index (χ2v) is 6.67. The van der Waals surface area contributed by atoms with Crippen molar-refractivity contribution in [2.24, 2.45) is 5.73 Å². The Morgan fingerprint density at radius 1 is 1.05 bits per heavy atom. The van der Waals surface area contributed by atoms with Crippen LogP contribution in [0.1, 0.15) is 11.1 Å². The van der Waals surface area contributed by atoms with E-state index < -0.39 is 0 Å². The summed E-state index contributed by atoms with van der Waals surface area (Å²) in [5.74, 6) is 1.86. The molecule has 0 amide bonds. The maximum Gasteiger partial charge on any atom is 0.151 e. The van der Waals surface area contributed by atoms with Crippen molar-refractivity contribution in [1.29, 1.82) is 5.41 Å². The molecule has 0 unspecified atom stereocenters. The fourth-order valence-corrected chi connectivity index (χ4v) is 3.16. The van der Waals surface area contributed by atoms with Gasteiger partial charge in [-0.25, -0.2) is 4.98 Å². The number of aromatic nitrogens is 2. The first-order valence-corrected chi connectivity index (χ1v) is 8.64. The molecular formula is C15H18N4S2. The maximum absolute atomic E-state index is 7.17. The molecule has 0 aliphatic carbocycles. The number of benzene rings is 1. The average Bonchev–Trinajstić information content (AvgIpc) is 2.50. The second-order valence-electron chi connectivity index (χ2n) is 4.42. The lowest BCUT2D eigenvalue weighted by Crippen LogP contribution is -2.05. The highest BCUT2D eigenvalue weighted by Gasteiger charge is 1.99. The van der Waals surface area contributed by atoms with Crippen molar-refractivity contribution in [3.8, 4) is 0 Å². The van der Waals surface area contributed by atoms with Crippen molar-refractivity contribution < 1.29 is 0 Å². The Kier molecular flexibility index (Phi) is 6.56. The fraction of sp³-hybridized carbons (Fsp3) is 0.267. The molecule has 2 aromatic rings. The van der Waals surface area contributed by atoms with Gasteiger partial charge in [-0.15, -0.1) is 11.8 Å². The molecule has 110 valence electrons. The van der Waals surface area contributed by atoms with Gasteiger partial charge in [-0.1, -0.05) is 36.0 Å². The summed E-state index contributed by atoms with van der Waals surface area (Å²) in [7, 11) is 0. The van der Waals surface area contributed by atoms with Crippen molar-refractivity contribution in [3.05, 3.63) is 54.0 Å². The Morgan fingerprint density at radius 2 is 1.71 bits per heavy atom. The monoisotopic (exact) mass is 318 g/mol. The third kappa shape index (κ3) is 6.18. The molecule has 1 heterocycles. The third-order valence-electron chi connectivity index (χ3n) is 2.85. The molecule has 1 aromatic carbocycles. The largest absolute Gasteiger partial charge is 0.379 e. The van der Waals surface area contributed by atoms with Crippen molar-refractivity contribution in [1.82, 2.24) is 9.97 Å². The van der Waals surface area contributed by atoms with Crippen LogP contribution in [0.5, 0.6) is 0 Å². The summed E-state index contributed by atoms with van der Waals surface area (Å²) in [6.07, 6.45) is 7.16. The number of nitrogens with zero attached hydrogens (tertiary/aromatic N) is 2. The second kappa shape index (κ2) is 8.69. The highest BCUT2D eigenvalue weighted by Crippen LogP contribution is 2.16. The fourth-order valence-electron chi connectivity index (χ4n) is 1.78. The predicted molar refractivity (Wildman–Crippen MR) is 91.0 cm³/mol. The normalized spacial score (nSPS) is 10.5. The molecule has 0 saturated carbocycles. The first-order valence-electron chi connectivity index (χ1n) is 6.67. The molecule has 4 nitrogen and oxygen atoms in total. The van der Waals surface area contributed by atoms with Gasteiger partial charge in [0.2, 0.25) is 0 Å². The van der Waals surface area contributed by atoms with Gasteiger partial charge in [-0.3, -0.25) is 10.4 Å². The Bertz CT molecular complexity index is 558. The number of aryl methyl sites for hydroxylation is 2. The predicted octanol–water partition coefficient (Wildman–Crippen LogP) is 2.98. The zero-order valence-electron chi connectivity index (χ0n) is 11.7. The Labute approximate surface area is 133 Å². The van der Waals surface area contributed by atoms with Gasteiger partial charge in [0.15, 0.2) is 5.17 Å². The first-order chi connectivity index (χ1) is 10.2. The number of nitrogens with one attached hydrogen (secondary N) is 1. The molecule has 0 radical (unpaired) electrons. The highest BCUT2D eigenvalue weighted by molar-refractivity contribution is 8.13. The number of thioether (sulfide) groups is 2. The molecule has 0 aliphatic rings. The minimum Gasteiger partial charge on any atom is -0.379 e. The summed E-state index contributed by atoms with van der Waals surface area (Å²) >= 11 is 3.11. The lowest BCUT2D eigenvalue weighted by atomic mass is 10.1. The van der Waals surface area contributed by atoms with Crippen LogP contribution in [0.25, 0.3) is 0 Å². The van der Waals surface area contributed by atoms with E-state index in [0.29, 0.717) is 0 Å². The van der Waals surface area contributed by atoms with Crippen LogP contribution in [0.2, 0.25) is 0 Å². The van der Waals surface area contributed by atoms with E-state index >= 15 is 0 Å². The van der Waals surface area contributed by atoms with Gasteiger partial charge >= 0.3 is 0 Å². The Balaban J connectivity index is 1.73. The molecule has 0 bridgehead atoms. The zero-order chi connectivity index (χ0) is 14.9. The summed E-state index contributed by atoms with van der Waals surface area (Å²) < 4.78 is 0. The lowest BCUT2D eigenvalue weighted by Gasteiger charge is -2.04. The number of nitrogens with two attached hydrogens (primary N) is 1. The van der Waals surface area contributed by atoms with Crippen LogP contribution in [-0.4, -0.2) is 26.6 Å². The van der Waals surface area contributed by atoms with E-state index in [9.17, 15) is 0 Å². The van der Waals surface area contributed by atoms with E-state index in [4.69, 9.17) is 11.1 Å². The molecule has 0 atom stereocenters. The number of hydrogen-bond donors (Lipinski definition) is 2. The van der Waals surface area contributed by atoms with Crippen molar-refractivity contribution in [2.45, 2.75) is 17.9 Å². The molecule has 3 N–H and O–H groups in total. The SMILES string of the molecule is N=C(N)SCCc1ccc(CCSc2cnccn2)cc1. The van der Waals surface area contributed by atoms with E-state index in [0.717, 1.165) is 29.4 Å². The van der Waals surface area contributed by atoms with Gasteiger partial charge in [0.1, 0.15) is 5.03 Å². The zero-order valence-corrected chi connectivity index (χ0v) is 13.3. The molecule has 0 spiro atoms. The van der Waals surface area contributed by atoms with Gasteiger partial charge in [-0.05, 0) is 24.0 Å². The van der Waals surface area contributed by atoms with Crippen LogP contribution < -0.4 is 5.73 Å². The minimum atomic E-state index is 0.188. The quantitative estimate of drug-likeness (QED) is 0.466. The van der Waals surface area contributed by atoms with Crippen molar-refractivity contribution in [3.63, 3.8) is 0 Å². The standard InChI is InChI=1S/C15H18N4S2/c16-15(17)21-10-6-13-3-1-12(2-4-13)5-9-20-14-11-18-7-8-19-14/h1-4,7-8,11H,5-6,9-10H2,(H3,16,17). The van der Waals surface area contributed by atoms with Crippen LogP contribution in [0.4, 0.5) is 0 Å². The minimum absolute atomic E-state index is 0.188. The Hall–Kier alpha value is -1.53. The van der Waals surface area contributed by atoms with Gasteiger partial charge in [0, 0.05) is 23.9 Å². The summed E-state index contributed by atoms with van der Waals surface area (Å²) in [5.41, 5.74) is 7.93. The first kappa shape index (κ1) is 15.9. The van der Waals surface area contributed by atoms with Crippen molar-refractivity contribution >= 4 is 28.7 Å². The summed E-state index contributed by atoms with van der Waals surface area (Å²) in [4.78, 5) is 8.30. The van der Waals surface area contributed by atoms with E-state index in [1.165, 1.54) is 22.9 Å². The van der Waals surface area contributed by atoms with Crippen LogP contribution in [0.15, 0.2) is 47.9 Å². The van der Waals surface area contributed by atoms with Crippen LogP contribution >= 0.6 is 23.5 Å². The highest BCUT2D eigenvalue weighted by atomic mass is 32.2. The summed E-state index contributed by atoms with van der Waals surface area (Å²) in [5, 5.41) is 8.33. The molecular weight excluding hydrogens is 300 g/mol. The third-order valence-corrected chi connectivity index (χ3v) is 4.49. The number of rotatable bonds is 7. The van der Waals surface area contributed by atoms with Gasteiger partial charge in [0.25, 0.3) is 0 Å². The molecule has 1 aromatic heterocycles. The van der Waals surface area contributed by atoms with Gasteiger partial charge < -0.3 is 5.73 Å². The van der Waals surface area contributed by atoms with Gasteiger partial charge in [0.05, 0.1) is 6.20 Å². The summed E-state index contributed by atoms with van der Waals surface area (Å²) in [6.45, 7) is 0. The maximum atomic E-state index is 7.17. The summed E-state index contributed by atoms with van der Waals surface area (Å²) in [6, 6.07) is 8.65. The topological polar surface area (TPSA) is 75.7 Å². The smallest absolute Gasteiger partial charge is 0.151 e. The van der Waals surface area contributed by atoms with Crippen LogP contribution in [-0.2, 0) is 12.8 Å². The molecule has 0 saturated heterocycles. The number of amidine groups is 1. The molecule has 0 fully saturated rings. The lowest BCUT2D eigenvalue weighted by molar-refractivity contribution is 1.05. The van der Waals surface area contributed by atoms with E-state index in [1.54, 1.807) is 30.4 Å². The van der Waals surface area contributed by atoms with E-state index in [-0.39, 0.29) is 5.17 Å². The molecule has 0 aliphatic heterocycles. The van der Waals surface area contributed by atoms with Gasteiger partial charge in [-0.2, -0.15) is 0 Å². The molecule has 21 heavy (non-hydrogen) atoms. The van der Waals surface area contributed by atoms with Crippen LogP contribution in [0, 0.1) is 5.41 Å². The van der Waals surface area contributed by atoms with E-state index in [2.05, 4.69) is 34.2 Å². The van der Waals surface area contributed by atoms with Crippen LogP contribution in [0.3, 0.4) is 0 Å². The molecule has 6 heteroatoms. The van der Waals surface area contributed by atoms with E-state index in [1.807, 2.05) is 0 Å². The molecule has 2 rings (SSSR count). The number of hydrogen-bond acceptors (Lipinski definition) is 5. The Morgan fingerprint density at radius 3 is 2.29 bits per heavy atom. The van der Waals surface area contributed by atoms with Crippen molar-refractivity contribution in [2.75, 3.05) is 11.5 Å². The average molecular weight is 318 g/mol.